The van der Waals surface area contributed by atoms with Gasteiger partial charge in [0.25, 0.3) is 0 Å². The van der Waals surface area contributed by atoms with Crippen molar-refractivity contribution in [2.75, 3.05) is 13.2 Å². The van der Waals surface area contributed by atoms with Gasteiger partial charge in [0.05, 0.1) is 6.61 Å². The van der Waals surface area contributed by atoms with Gasteiger partial charge in [0.15, 0.2) is 0 Å². The van der Waals surface area contributed by atoms with Gasteiger partial charge in [-0.05, 0) is 0 Å². The summed E-state index contributed by atoms with van der Waals surface area (Å²) in [6, 6.07) is 0. The molecule has 0 aromatic carbocycles. The summed E-state index contributed by atoms with van der Waals surface area (Å²) in [6.45, 7) is -0.713. The molecule has 0 rings (SSSR count). The Labute approximate surface area is 51.9 Å². The summed E-state index contributed by atoms with van der Waals surface area (Å²) >= 11 is 0. The van der Waals surface area contributed by atoms with Gasteiger partial charge < -0.3 is 0 Å². The minimum absolute atomic E-state index is 0.306. The molecule has 56 valence electrons. The highest BCUT2D eigenvalue weighted by atomic mass is 32.3. The summed E-state index contributed by atoms with van der Waals surface area (Å²) in [5, 5.41) is 7.61. The standard InChI is InChI=1S/C2H6O6S/c3-7-1-2-8-9(4,5)6/h3H,1-2H2,(H,4,5,6). The van der Waals surface area contributed by atoms with Gasteiger partial charge >= 0.3 is 10.4 Å². The predicted molar refractivity (Wildman–Crippen MR) is 26.1 cm³/mol. The van der Waals surface area contributed by atoms with Gasteiger partial charge in [-0.15, -0.1) is 0 Å². The molecule has 0 saturated heterocycles. The van der Waals surface area contributed by atoms with E-state index in [0.717, 1.165) is 0 Å². The smallest absolute Gasteiger partial charge is 0.264 e. The fraction of sp³-hybridized carbons (Fsp3) is 1.00. The molecule has 0 aliphatic heterocycles. The van der Waals surface area contributed by atoms with E-state index in [2.05, 4.69) is 9.07 Å². The van der Waals surface area contributed by atoms with Crippen molar-refractivity contribution >= 4 is 10.4 Å². The Bertz CT molecular complexity index is 146. The summed E-state index contributed by atoms with van der Waals surface area (Å²) in [7, 11) is -4.39. The summed E-state index contributed by atoms with van der Waals surface area (Å²) in [6.07, 6.45) is 0. The molecule has 0 amide bonds. The molecule has 0 fully saturated rings. The summed E-state index contributed by atoms with van der Waals surface area (Å²) in [5.74, 6) is 0. The molecule has 6 nitrogen and oxygen atoms in total. The van der Waals surface area contributed by atoms with Crippen molar-refractivity contribution in [2.24, 2.45) is 0 Å². The summed E-state index contributed by atoms with van der Waals surface area (Å²) in [5.41, 5.74) is 0. The van der Waals surface area contributed by atoms with Crippen LogP contribution < -0.4 is 0 Å². The van der Waals surface area contributed by atoms with Crippen LogP contribution >= 0.6 is 0 Å². The lowest BCUT2D eigenvalue weighted by atomic mass is 10.8. The molecule has 0 bridgehead atoms. The maximum absolute atomic E-state index is 9.70. The van der Waals surface area contributed by atoms with Crippen molar-refractivity contribution in [3.63, 3.8) is 0 Å². The first-order chi connectivity index (χ1) is 4.06. The third kappa shape index (κ3) is 7.79. The van der Waals surface area contributed by atoms with Gasteiger partial charge in [0.2, 0.25) is 0 Å². The third-order valence-electron chi connectivity index (χ3n) is 0.407. The Kier molecular flexibility index (Phi) is 3.66. The average molecular weight is 158 g/mol. The highest BCUT2D eigenvalue weighted by Gasteiger charge is 2.01. The van der Waals surface area contributed by atoms with E-state index in [4.69, 9.17) is 9.81 Å². The quantitative estimate of drug-likeness (QED) is 0.243. The van der Waals surface area contributed by atoms with Crippen LogP contribution in [0.1, 0.15) is 0 Å². The van der Waals surface area contributed by atoms with Crippen molar-refractivity contribution in [1.29, 1.82) is 0 Å². The van der Waals surface area contributed by atoms with E-state index in [9.17, 15) is 8.42 Å². The largest absolute Gasteiger partial charge is 0.397 e. The molecule has 9 heavy (non-hydrogen) atoms. The fourth-order valence-electron chi connectivity index (χ4n) is 0.177. The molecule has 0 saturated carbocycles. The van der Waals surface area contributed by atoms with E-state index in [1.54, 1.807) is 0 Å². The molecular formula is C2H6O6S. The van der Waals surface area contributed by atoms with Gasteiger partial charge in [-0.1, -0.05) is 0 Å². The Hall–Kier alpha value is -0.210. The van der Waals surface area contributed by atoms with E-state index in [0.29, 0.717) is 0 Å². The van der Waals surface area contributed by atoms with Crippen LogP contribution in [0, 0.1) is 0 Å². The fourth-order valence-corrected chi connectivity index (χ4v) is 0.455. The first-order valence-electron chi connectivity index (χ1n) is 1.94. The number of hydrogen-bond donors (Lipinski definition) is 2. The molecule has 0 aromatic rings. The molecule has 0 unspecified atom stereocenters. The highest BCUT2D eigenvalue weighted by molar-refractivity contribution is 7.80. The molecule has 0 spiro atoms. The molecular weight excluding hydrogens is 152 g/mol. The Morgan fingerprint density at radius 3 is 2.22 bits per heavy atom. The Morgan fingerprint density at radius 1 is 1.33 bits per heavy atom. The summed E-state index contributed by atoms with van der Waals surface area (Å²) < 4.78 is 31.0. The lowest BCUT2D eigenvalue weighted by molar-refractivity contribution is -0.245. The zero-order chi connectivity index (χ0) is 7.33. The zero-order valence-electron chi connectivity index (χ0n) is 4.35. The summed E-state index contributed by atoms with van der Waals surface area (Å²) in [4.78, 5) is 3.44. The predicted octanol–water partition coefficient (Wildman–Crippen LogP) is -0.705. The molecule has 0 atom stereocenters. The number of hydrogen-bond acceptors (Lipinski definition) is 5. The second-order valence-electron chi connectivity index (χ2n) is 1.08. The maximum Gasteiger partial charge on any atom is 0.397 e. The minimum Gasteiger partial charge on any atom is -0.264 e. The zero-order valence-corrected chi connectivity index (χ0v) is 5.17. The van der Waals surface area contributed by atoms with Crippen LogP contribution in [0.15, 0.2) is 0 Å². The van der Waals surface area contributed by atoms with Crippen LogP contribution in [-0.2, 0) is 19.5 Å². The van der Waals surface area contributed by atoms with E-state index in [1.807, 2.05) is 0 Å². The first-order valence-corrected chi connectivity index (χ1v) is 3.31. The Balaban J connectivity index is 3.30. The molecule has 2 N–H and O–H groups in total. The van der Waals surface area contributed by atoms with Crippen molar-refractivity contribution in [2.45, 2.75) is 0 Å². The normalized spacial score (nSPS) is 11.8. The van der Waals surface area contributed by atoms with Gasteiger partial charge in [-0.3, -0.25) is 9.81 Å². The molecule has 7 heteroatoms. The average Bonchev–Trinajstić information content (AvgIpc) is 1.63. The maximum atomic E-state index is 9.70. The van der Waals surface area contributed by atoms with E-state index in [-0.39, 0.29) is 6.61 Å². The number of rotatable bonds is 4. The second-order valence-corrected chi connectivity index (χ2v) is 2.17. The molecule has 0 radical (unpaired) electrons. The van der Waals surface area contributed by atoms with Crippen molar-refractivity contribution in [1.82, 2.24) is 0 Å². The lowest BCUT2D eigenvalue weighted by Gasteiger charge is -1.94. The van der Waals surface area contributed by atoms with E-state index in [1.165, 1.54) is 0 Å². The Morgan fingerprint density at radius 2 is 1.89 bits per heavy atom. The second kappa shape index (κ2) is 3.75. The third-order valence-corrected chi connectivity index (χ3v) is 0.871. The first kappa shape index (κ1) is 8.79. The van der Waals surface area contributed by atoms with Crippen LogP contribution in [0.4, 0.5) is 0 Å². The van der Waals surface area contributed by atoms with Gasteiger partial charge in [0.1, 0.15) is 6.61 Å². The van der Waals surface area contributed by atoms with Crippen molar-refractivity contribution in [3.8, 4) is 0 Å². The van der Waals surface area contributed by atoms with Crippen molar-refractivity contribution in [3.05, 3.63) is 0 Å². The van der Waals surface area contributed by atoms with Crippen LogP contribution in [-0.4, -0.2) is 31.4 Å². The van der Waals surface area contributed by atoms with E-state index >= 15 is 0 Å². The molecule has 0 heterocycles. The van der Waals surface area contributed by atoms with Crippen molar-refractivity contribution < 1.29 is 27.3 Å². The van der Waals surface area contributed by atoms with Crippen LogP contribution in [0.5, 0.6) is 0 Å². The SMILES string of the molecule is O=S(=O)(O)OCCOO. The molecule has 0 aromatic heterocycles. The van der Waals surface area contributed by atoms with Crippen LogP contribution in [0.25, 0.3) is 0 Å². The van der Waals surface area contributed by atoms with E-state index < -0.39 is 17.0 Å². The molecule has 0 aliphatic carbocycles. The molecule has 0 aliphatic rings. The highest BCUT2D eigenvalue weighted by Crippen LogP contribution is 1.83. The lowest BCUT2D eigenvalue weighted by Crippen LogP contribution is -2.08. The van der Waals surface area contributed by atoms with Gasteiger partial charge in [-0.2, -0.15) is 8.42 Å². The topological polar surface area (TPSA) is 93.1 Å². The van der Waals surface area contributed by atoms with Gasteiger partial charge in [0, 0.05) is 0 Å². The van der Waals surface area contributed by atoms with Crippen LogP contribution in [0.2, 0.25) is 0 Å². The monoisotopic (exact) mass is 158 g/mol. The minimum atomic E-state index is -4.39. The van der Waals surface area contributed by atoms with Crippen LogP contribution in [0.3, 0.4) is 0 Å². The van der Waals surface area contributed by atoms with Gasteiger partial charge in [-0.25, -0.2) is 9.07 Å².